The predicted molar refractivity (Wildman–Crippen MR) is 77.2 cm³/mol. The summed E-state index contributed by atoms with van der Waals surface area (Å²) in [6.07, 6.45) is -2.48. The zero-order valence-electron chi connectivity index (χ0n) is 11.0. The number of alkyl halides is 2. The van der Waals surface area contributed by atoms with E-state index in [0.29, 0.717) is 11.3 Å². The van der Waals surface area contributed by atoms with Gasteiger partial charge >= 0.3 is 0 Å². The van der Waals surface area contributed by atoms with Crippen molar-refractivity contribution in [2.75, 3.05) is 25.2 Å². The van der Waals surface area contributed by atoms with Crippen LogP contribution in [0.25, 0.3) is 0 Å². The molecule has 0 bridgehead atoms. The standard InChI is InChI=1S/C13H16F2N2O2S/c1-17(12(18)6-7-19-8-11(14)15)10-4-2-9(3-5-10)13(16)20/h2-5,11H,6-8H2,1H3,(H2,16,20). The van der Waals surface area contributed by atoms with Crippen LogP contribution in [0.4, 0.5) is 14.5 Å². The number of rotatable bonds is 7. The van der Waals surface area contributed by atoms with Crippen molar-refractivity contribution in [1.82, 2.24) is 0 Å². The number of hydrogen-bond donors (Lipinski definition) is 1. The van der Waals surface area contributed by atoms with E-state index in [1.165, 1.54) is 4.90 Å². The highest BCUT2D eigenvalue weighted by Crippen LogP contribution is 2.14. The van der Waals surface area contributed by atoms with Gasteiger partial charge in [0.15, 0.2) is 0 Å². The van der Waals surface area contributed by atoms with E-state index in [1.807, 2.05) is 0 Å². The Bertz CT molecular complexity index is 466. The third-order valence-corrected chi connectivity index (χ3v) is 2.85. The molecule has 1 aromatic rings. The minimum atomic E-state index is -2.52. The first-order valence-electron chi connectivity index (χ1n) is 5.94. The molecule has 0 aliphatic carbocycles. The van der Waals surface area contributed by atoms with Gasteiger partial charge in [0.2, 0.25) is 5.91 Å². The average molecular weight is 302 g/mol. The molecule has 0 saturated carbocycles. The van der Waals surface area contributed by atoms with Crippen LogP contribution in [-0.4, -0.2) is 37.6 Å². The topological polar surface area (TPSA) is 55.6 Å². The van der Waals surface area contributed by atoms with Gasteiger partial charge in [-0.15, -0.1) is 0 Å². The van der Waals surface area contributed by atoms with Crippen molar-refractivity contribution in [3.63, 3.8) is 0 Å². The average Bonchev–Trinajstić information content (AvgIpc) is 2.42. The lowest BCUT2D eigenvalue weighted by atomic mass is 10.2. The van der Waals surface area contributed by atoms with Crippen molar-refractivity contribution in [3.05, 3.63) is 29.8 Å². The molecule has 7 heteroatoms. The van der Waals surface area contributed by atoms with E-state index in [0.717, 1.165) is 0 Å². The fraction of sp³-hybridized carbons (Fsp3) is 0.385. The minimum Gasteiger partial charge on any atom is -0.389 e. The normalized spacial score (nSPS) is 10.6. The number of anilines is 1. The van der Waals surface area contributed by atoms with Crippen molar-refractivity contribution >= 4 is 28.8 Å². The number of nitrogens with zero attached hydrogens (tertiary/aromatic N) is 1. The zero-order valence-corrected chi connectivity index (χ0v) is 11.8. The number of thiocarbonyl (C=S) groups is 1. The van der Waals surface area contributed by atoms with E-state index in [2.05, 4.69) is 4.74 Å². The van der Waals surface area contributed by atoms with Gasteiger partial charge in [-0.05, 0) is 24.3 Å². The van der Waals surface area contributed by atoms with Gasteiger partial charge in [-0.1, -0.05) is 12.2 Å². The molecule has 1 amide bonds. The molecule has 0 aromatic heterocycles. The molecule has 2 N–H and O–H groups in total. The maximum atomic E-state index is 11.8. The van der Waals surface area contributed by atoms with Crippen molar-refractivity contribution in [2.45, 2.75) is 12.8 Å². The highest BCUT2D eigenvalue weighted by Gasteiger charge is 2.11. The van der Waals surface area contributed by atoms with Crippen LogP contribution in [0.15, 0.2) is 24.3 Å². The van der Waals surface area contributed by atoms with E-state index < -0.39 is 13.0 Å². The maximum absolute atomic E-state index is 11.8. The van der Waals surface area contributed by atoms with E-state index in [9.17, 15) is 13.6 Å². The van der Waals surface area contributed by atoms with E-state index in [4.69, 9.17) is 18.0 Å². The molecule has 0 spiro atoms. The van der Waals surface area contributed by atoms with Crippen molar-refractivity contribution < 1.29 is 18.3 Å². The molecule has 4 nitrogen and oxygen atoms in total. The summed E-state index contributed by atoms with van der Waals surface area (Å²) < 4.78 is 28.4. The highest BCUT2D eigenvalue weighted by atomic mass is 32.1. The van der Waals surface area contributed by atoms with Crippen LogP contribution < -0.4 is 10.6 Å². The Labute approximate surface area is 121 Å². The Morgan fingerprint density at radius 1 is 1.40 bits per heavy atom. The zero-order chi connectivity index (χ0) is 15.1. The van der Waals surface area contributed by atoms with Gasteiger partial charge in [-0.25, -0.2) is 8.78 Å². The Hall–Kier alpha value is -1.60. The molecule has 20 heavy (non-hydrogen) atoms. The van der Waals surface area contributed by atoms with Crippen LogP contribution in [0.1, 0.15) is 12.0 Å². The number of ether oxygens (including phenoxy) is 1. The van der Waals surface area contributed by atoms with Gasteiger partial charge in [-0.3, -0.25) is 4.79 Å². The highest BCUT2D eigenvalue weighted by molar-refractivity contribution is 7.80. The van der Waals surface area contributed by atoms with E-state index in [1.54, 1.807) is 31.3 Å². The van der Waals surface area contributed by atoms with Gasteiger partial charge in [0.1, 0.15) is 11.6 Å². The van der Waals surface area contributed by atoms with Crippen molar-refractivity contribution in [3.8, 4) is 0 Å². The van der Waals surface area contributed by atoms with Crippen LogP contribution in [0.3, 0.4) is 0 Å². The molecular formula is C13H16F2N2O2S. The summed E-state index contributed by atoms with van der Waals surface area (Å²) in [6, 6.07) is 6.86. The molecule has 0 aliphatic heterocycles. The molecule has 1 rings (SSSR count). The molecule has 110 valence electrons. The first-order valence-corrected chi connectivity index (χ1v) is 6.35. The Morgan fingerprint density at radius 3 is 2.50 bits per heavy atom. The SMILES string of the molecule is CN(C(=O)CCOCC(F)F)c1ccc(C(N)=S)cc1. The molecule has 1 aromatic carbocycles. The monoisotopic (exact) mass is 302 g/mol. The van der Waals surface area contributed by atoms with Crippen molar-refractivity contribution in [1.29, 1.82) is 0 Å². The van der Waals surface area contributed by atoms with Gasteiger partial charge in [0.05, 0.1) is 13.0 Å². The maximum Gasteiger partial charge on any atom is 0.261 e. The van der Waals surface area contributed by atoms with Gasteiger partial charge < -0.3 is 15.4 Å². The Balaban J connectivity index is 2.49. The number of carbonyl (C=O) groups excluding carboxylic acids is 1. The summed E-state index contributed by atoms with van der Waals surface area (Å²) in [4.78, 5) is 13.5. The lowest BCUT2D eigenvalue weighted by Gasteiger charge is -2.17. The number of nitrogens with two attached hydrogens (primary N) is 1. The summed E-state index contributed by atoms with van der Waals surface area (Å²) in [6.45, 7) is -0.682. The third-order valence-electron chi connectivity index (χ3n) is 2.62. The number of amides is 1. The Morgan fingerprint density at radius 2 is 2.00 bits per heavy atom. The largest absolute Gasteiger partial charge is 0.389 e. The summed E-state index contributed by atoms with van der Waals surface area (Å²) in [5, 5.41) is 0. The molecular weight excluding hydrogens is 286 g/mol. The lowest BCUT2D eigenvalue weighted by molar-refractivity contribution is -0.119. The third kappa shape index (κ3) is 5.18. The van der Waals surface area contributed by atoms with Gasteiger partial charge in [-0.2, -0.15) is 0 Å². The van der Waals surface area contributed by atoms with Crippen LogP contribution >= 0.6 is 12.2 Å². The summed E-state index contributed by atoms with van der Waals surface area (Å²) >= 11 is 4.83. The smallest absolute Gasteiger partial charge is 0.261 e. The lowest BCUT2D eigenvalue weighted by Crippen LogP contribution is -2.27. The number of benzene rings is 1. The fourth-order valence-electron chi connectivity index (χ4n) is 1.49. The second kappa shape index (κ2) is 7.86. The quantitative estimate of drug-likeness (QED) is 0.618. The Kier molecular flexibility index (Phi) is 6.47. The summed E-state index contributed by atoms with van der Waals surface area (Å²) in [5.74, 6) is -0.220. The molecule has 0 saturated heterocycles. The van der Waals surface area contributed by atoms with Gasteiger partial charge in [0.25, 0.3) is 6.43 Å². The molecule has 0 aliphatic rings. The van der Waals surface area contributed by atoms with Crippen molar-refractivity contribution in [2.24, 2.45) is 5.73 Å². The first kappa shape index (κ1) is 16.5. The second-order valence-corrected chi connectivity index (χ2v) is 4.52. The predicted octanol–water partition coefficient (Wildman–Crippen LogP) is 1.96. The van der Waals surface area contributed by atoms with E-state index >= 15 is 0 Å². The summed E-state index contributed by atoms with van der Waals surface area (Å²) in [5.41, 5.74) is 6.86. The second-order valence-electron chi connectivity index (χ2n) is 4.08. The number of halogens is 2. The van der Waals surface area contributed by atoms with Crippen LogP contribution in [0, 0.1) is 0 Å². The molecule has 0 unspecified atom stereocenters. The molecule has 0 heterocycles. The van der Waals surface area contributed by atoms with Crippen LogP contribution in [0.2, 0.25) is 0 Å². The number of hydrogen-bond acceptors (Lipinski definition) is 3. The molecule has 0 atom stereocenters. The fourth-order valence-corrected chi connectivity index (χ4v) is 1.63. The number of carbonyl (C=O) groups is 1. The minimum absolute atomic E-state index is 0.0293. The van der Waals surface area contributed by atoms with Crippen LogP contribution in [0.5, 0.6) is 0 Å². The van der Waals surface area contributed by atoms with Crippen LogP contribution in [-0.2, 0) is 9.53 Å². The van der Waals surface area contributed by atoms with Gasteiger partial charge in [0, 0.05) is 18.3 Å². The molecule has 0 fully saturated rings. The molecule has 0 radical (unpaired) electrons. The van der Waals surface area contributed by atoms with E-state index in [-0.39, 0.29) is 23.9 Å². The summed E-state index contributed by atoms with van der Waals surface area (Å²) in [7, 11) is 1.60. The first-order chi connectivity index (χ1) is 9.41.